The fourth-order valence-corrected chi connectivity index (χ4v) is 1.65. The van der Waals surface area contributed by atoms with Gasteiger partial charge in [-0.2, -0.15) is 25.2 Å². The van der Waals surface area contributed by atoms with Crippen molar-refractivity contribution in [1.82, 2.24) is 15.0 Å². The molecule has 1 heterocycles. The molecule has 2 aromatic rings. The Labute approximate surface area is 147 Å². The fraction of sp³-hybridized carbons (Fsp3) is 0.400. The first-order chi connectivity index (χ1) is 10.9. The van der Waals surface area contributed by atoms with Crippen LogP contribution >= 0.6 is 23.2 Å². The summed E-state index contributed by atoms with van der Waals surface area (Å²) in [6.45, 7) is 6.02. The van der Waals surface area contributed by atoms with E-state index < -0.39 is 0 Å². The number of anilines is 1. The molecule has 0 aliphatic carbocycles. The summed E-state index contributed by atoms with van der Waals surface area (Å²) in [6, 6.07) is 7.91. The summed E-state index contributed by atoms with van der Waals surface area (Å²) < 4.78 is 0. The highest BCUT2D eigenvalue weighted by Crippen LogP contribution is 2.16. The Morgan fingerprint density at radius 2 is 1.48 bits per heavy atom. The van der Waals surface area contributed by atoms with E-state index in [0.717, 1.165) is 11.3 Å². The van der Waals surface area contributed by atoms with Crippen molar-refractivity contribution in [3.63, 3.8) is 0 Å². The molecule has 0 atom stereocenters. The minimum Gasteiger partial charge on any atom is -0.347 e. The first-order valence-electron chi connectivity index (χ1n) is 7.04. The average molecular weight is 357 g/mol. The lowest BCUT2D eigenvalue weighted by Gasteiger charge is -2.08. The minimum atomic E-state index is 0.105. The van der Waals surface area contributed by atoms with Crippen LogP contribution in [0.3, 0.4) is 0 Å². The summed E-state index contributed by atoms with van der Waals surface area (Å²) in [4.78, 5) is 12.9. The number of hydrogen-bond donors (Lipinski definition) is 0. The van der Waals surface area contributed by atoms with E-state index in [1.165, 1.54) is 0 Å². The van der Waals surface area contributed by atoms with E-state index in [4.69, 9.17) is 23.2 Å². The normalized spacial score (nSPS) is 9.57. The molecule has 0 saturated carbocycles. The van der Waals surface area contributed by atoms with E-state index in [1.54, 1.807) is 26.0 Å². The van der Waals surface area contributed by atoms with E-state index in [-0.39, 0.29) is 10.6 Å². The van der Waals surface area contributed by atoms with E-state index in [9.17, 15) is 0 Å². The van der Waals surface area contributed by atoms with Gasteiger partial charge in [0.1, 0.15) is 0 Å². The summed E-state index contributed by atoms with van der Waals surface area (Å²) in [6.07, 6.45) is 0. The maximum Gasteiger partial charge on any atom is 0.230 e. The van der Waals surface area contributed by atoms with Crippen LogP contribution in [0.2, 0.25) is 10.6 Å². The summed E-state index contributed by atoms with van der Waals surface area (Å²) in [7, 11) is 5.26. The van der Waals surface area contributed by atoms with Crippen LogP contribution < -0.4 is 4.90 Å². The van der Waals surface area contributed by atoms with E-state index in [0.29, 0.717) is 5.95 Å². The standard InChI is InChI=1S/C8H10N2.C5H6Cl2N4.C2H6/c1-7-5-3-4-6-8(7)10-9-2;1-11(2)5-9-3(6)8-4(7)10-5;1-2/h3-6H,1-2H3;1-2H3;1-2H3. The zero-order valence-corrected chi connectivity index (χ0v) is 15.8. The number of benzene rings is 1. The van der Waals surface area contributed by atoms with Gasteiger partial charge >= 0.3 is 0 Å². The number of halogens is 2. The highest BCUT2D eigenvalue weighted by atomic mass is 35.5. The van der Waals surface area contributed by atoms with Gasteiger partial charge in [0.05, 0.1) is 5.69 Å². The van der Waals surface area contributed by atoms with E-state index in [2.05, 4.69) is 25.2 Å². The Kier molecular flexibility index (Phi) is 10.8. The molecule has 0 saturated heterocycles. The van der Waals surface area contributed by atoms with Crippen LogP contribution in [0, 0.1) is 6.92 Å². The van der Waals surface area contributed by atoms with Gasteiger partial charge in [-0.25, -0.2) is 0 Å². The van der Waals surface area contributed by atoms with Gasteiger partial charge in [-0.05, 0) is 41.8 Å². The first kappa shape index (κ1) is 21.2. The number of aryl methyl sites for hydroxylation is 1. The first-order valence-corrected chi connectivity index (χ1v) is 7.79. The molecule has 6 nitrogen and oxygen atoms in total. The van der Waals surface area contributed by atoms with Crippen molar-refractivity contribution in [2.24, 2.45) is 10.2 Å². The summed E-state index contributed by atoms with van der Waals surface area (Å²) in [5, 5.41) is 7.83. The molecule has 23 heavy (non-hydrogen) atoms. The molecule has 8 heteroatoms. The van der Waals surface area contributed by atoms with Crippen molar-refractivity contribution in [3.05, 3.63) is 40.4 Å². The second kappa shape index (κ2) is 11.7. The maximum absolute atomic E-state index is 5.52. The van der Waals surface area contributed by atoms with Crippen LogP contribution in [0.4, 0.5) is 11.6 Å². The smallest absolute Gasteiger partial charge is 0.230 e. The van der Waals surface area contributed by atoms with Gasteiger partial charge in [0.2, 0.25) is 16.5 Å². The zero-order valence-electron chi connectivity index (χ0n) is 14.2. The molecule has 0 bridgehead atoms. The Morgan fingerprint density at radius 3 is 1.91 bits per heavy atom. The number of aromatic nitrogens is 3. The predicted molar refractivity (Wildman–Crippen MR) is 97.1 cm³/mol. The predicted octanol–water partition coefficient (Wildman–Crippen LogP) is 4.98. The van der Waals surface area contributed by atoms with Crippen molar-refractivity contribution in [2.45, 2.75) is 20.8 Å². The lowest BCUT2D eigenvalue weighted by molar-refractivity contribution is 0.956. The molecule has 126 valence electrons. The molecule has 1 aromatic carbocycles. The molecule has 0 fully saturated rings. The van der Waals surface area contributed by atoms with Gasteiger partial charge in [0.25, 0.3) is 0 Å². The maximum atomic E-state index is 5.52. The van der Waals surface area contributed by atoms with Crippen LogP contribution in [0.15, 0.2) is 34.5 Å². The van der Waals surface area contributed by atoms with E-state index >= 15 is 0 Å². The molecule has 0 aliphatic rings. The van der Waals surface area contributed by atoms with Crippen molar-refractivity contribution < 1.29 is 0 Å². The van der Waals surface area contributed by atoms with Crippen LogP contribution in [0.5, 0.6) is 0 Å². The van der Waals surface area contributed by atoms with Crippen molar-refractivity contribution in [2.75, 3.05) is 26.0 Å². The quantitative estimate of drug-likeness (QED) is 0.711. The van der Waals surface area contributed by atoms with Crippen LogP contribution in [0.1, 0.15) is 19.4 Å². The van der Waals surface area contributed by atoms with Gasteiger partial charge in [0.15, 0.2) is 0 Å². The molecule has 0 aliphatic heterocycles. The molecule has 2 rings (SSSR count). The van der Waals surface area contributed by atoms with Crippen LogP contribution in [0.25, 0.3) is 0 Å². The molecular weight excluding hydrogens is 335 g/mol. The van der Waals surface area contributed by atoms with Crippen molar-refractivity contribution in [1.29, 1.82) is 0 Å². The van der Waals surface area contributed by atoms with Gasteiger partial charge in [-0.3, -0.25) is 0 Å². The third kappa shape index (κ3) is 8.42. The summed E-state index contributed by atoms with van der Waals surface area (Å²) in [5.41, 5.74) is 2.11. The fourth-order valence-electron chi connectivity index (χ4n) is 1.30. The highest BCUT2D eigenvalue weighted by Gasteiger charge is 2.03. The Hall–Kier alpha value is -1.79. The SMILES string of the molecule is CC.CN(C)c1nc(Cl)nc(Cl)n1.CN=Nc1ccccc1C. The van der Waals surface area contributed by atoms with Gasteiger partial charge < -0.3 is 4.90 Å². The number of nitrogens with zero attached hydrogens (tertiary/aromatic N) is 6. The Morgan fingerprint density at radius 1 is 0.957 bits per heavy atom. The second-order valence-corrected chi connectivity index (χ2v) is 4.83. The number of hydrogen-bond acceptors (Lipinski definition) is 6. The third-order valence-corrected chi connectivity index (χ3v) is 2.63. The third-order valence-electron chi connectivity index (χ3n) is 2.29. The average Bonchev–Trinajstić information content (AvgIpc) is 2.51. The monoisotopic (exact) mass is 356 g/mol. The molecule has 0 spiro atoms. The van der Waals surface area contributed by atoms with Crippen molar-refractivity contribution >= 4 is 34.8 Å². The lowest BCUT2D eigenvalue weighted by Crippen LogP contribution is -2.13. The number of azo groups is 1. The van der Waals surface area contributed by atoms with Crippen molar-refractivity contribution in [3.8, 4) is 0 Å². The topological polar surface area (TPSA) is 66.6 Å². The molecule has 1 aromatic heterocycles. The van der Waals surface area contributed by atoms with Gasteiger partial charge in [-0.15, -0.1) is 0 Å². The van der Waals surface area contributed by atoms with Gasteiger partial charge in [0, 0.05) is 21.1 Å². The largest absolute Gasteiger partial charge is 0.347 e. The molecular formula is C15H22Cl2N6. The Bertz CT molecular complexity index is 596. The molecule has 0 amide bonds. The molecule has 0 N–H and O–H groups in total. The van der Waals surface area contributed by atoms with Gasteiger partial charge in [-0.1, -0.05) is 32.0 Å². The minimum absolute atomic E-state index is 0.105. The summed E-state index contributed by atoms with van der Waals surface area (Å²) in [5.74, 6) is 0.454. The lowest BCUT2D eigenvalue weighted by atomic mass is 10.2. The molecule has 0 unspecified atom stereocenters. The zero-order chi connectivity index (χ0) is 17.8. The van der Waals surface area contributed by atoms with Crippen LogP contribution in [-0.2, 0) is 0 Å². The number of rotatable bonds is 2. The Balaban J connectivity index is 0.000000381. The second-order valence-electron chi connectivity index (χ2n) is 4.15. The highest BCUT2D eigenvalue weighted by molar-refractivity contribution is 6.31. The summed E-state index contributed by atoms with van der Waals surface area (Å²) >= 11 is 11.0. The van der Waals surface area contributed by atoms with E-state index in [1.807, 2.05) is 45.0 Å². The van der Waals surface area contributed by atoms with Crippen LogP contribution in [-0.4, -0.2) is 36.1 Å². The molecule has 0 radical (unpaired) electrons.